The molecule has 0 atom stereocenters. The van der Waals surface area contributed by atoms with Crippen LogP contribution in [0.2, 0.25) is 0 Å². The van der Waals surface area contributed by atoms with Crippen molar-refractivity contribution in [3.63, 3.8) is 0 Å². The molecule has 0 aromatic heterocycles. The molecule has 6 heteroatoms. The molecule has 1 aliphatic heterocycles. The summed E-state index contributed by atoms with van der Waals surface area (Å²) in [5, 5.41) is 3.49. The molecular weight excluding hydrogens is 319 g/mol. The van der Waals surface area contributed by atoms with Gasteiger partial charge in [0.2, 0.25) is 0 Å². The normalized spacial score (nSPS) is 19.2. The van der Waals surface area contributed by atoms with Crippen molar-refractivity contribution in [3.05, 3.63) is 29.6 Å². The third kappa shape index (κ3) is 5.08. The minimum atomic E-state index is -0.293. The fraction of sp³-hybridized carbons (Fsp3) is 0.632. The fourth-order valence-electron chi connectivity index (χ4n) is 3.31. The molecule has 25 heavy (non-hydrogen) atoms. The number of rotatable bonds is 6. The van der Waals surface area contributed by atoms with Crippen LogP contribution in [0.5, 0.6) is 5.75 Å². The van der Waals surface area contributed by atoms with E-state index in [0.717, 1.165) is 56.7 Å². The number of nitrogens with one attached hydrogen (secondary N) is 1. The lowest BCUT2D eigenvalue weighted by Gasteiger charge is -2.36. The first-order valence-electron chi connectivity index (χ1n) is 9.20. The van der Waals surface area contributed by atoms with E-state index in [1.807, 2.05) is 13.1 Å². The Morgan fingerprint density at radius 2 is 2.04 bits per heavy atom. The number of halogens is 1. The highest BCUT2D eigenvalue weighted by Gasteiger charge is 2.22. The van der Waals surface area contributed by atoms with Crippen LogP contribution >= 0.6 is 0 Å². The molecule has 1 saturated carbocycles. The molecule has 1 aliphatic carbocycles. The summed E-state index contributed by atoms with van der Waals surface area (Å²) in [6.07, 6.45) is 4.04. The Hall–Kier alpha value is -1.82. The summed E-state index contributed by atoms with van der Waals surface area (Å²) in [6.45, 7) is 5.59. The first-order chi connectivity index (χ1) is 12.2. The van der Waals surface area contributed by atoms with Gasteiger partial charge in [0.1, 0.15) is 0 Å². The molecule has 1 aromatic carbocycles. The zero-order valence-electron chi connectivity index (χ0n) is 15.3. The van der Waals surface area contributed by atoms with Crippen LogP contribution in [0.15, 0.2) is 23.2 Å². The second kappa shape index (κ2) is 8.52. The van der Waals surface area contributed by atoms with Crippen molar-refractivity contribution in [1.82, 2.24) is 15.1 Å². The predicted octanol–water partition coefficient (Wildman–Crippen LogP) is 2.33. The maximum atomic E-state index is 13.8. The molecule has 0 spiro atoms. The van der Waals surface area contributed by atoms with Gasteiger partial charge in [0, 0.05) is 46.3 Å². The van der Waals surface area contributed by atoms with Crippen LogP contribution in [0.25, 0.3) is 0 Å². The largest absolute Gasteiger partial charge is 0.494 e. The molecule has 1 N–H and O–H groups in total. The number of guanidine groups is 1. The molecule has 0 amide bonds. The van der Waals surface area contributed by atoms with Crippen LogP contribution in [0.3, 0.4) is 0 Å². The summed E-state index contributed by atoms with van der Waals surface area (Å²) in [7, 11) is 3.34. The Labute approximate surface area is 149 Å². The van der Waals surface area contributed by atoms with E-state index in [4.69, 9.17) is 4.74 Å². The number of aliphatic imine (C=N–C) groups is 1. The lowest BCUT2D eigenvalue weighted by Crippen LogP contribution is -2.52. The number of nitrogens with zero attached hydrogens (tertiary/aromatic N) is 3. The van der Waals surface area contributed by atoms with Gasteiger partial charge in [-0.05, 0) is 30.0 Å². The second-order valence-corrected chi connectivity index (χ2v) is 6.94. The molecule has 1 heterocycles. The van der Waals surface area contributed by atoms with Gasteiger partial charge >= 0.3 is 0 Å². The van der Waals surface area contributed by atoms with Crippen molar-refractivity contribution < 1.29 is 9.13 Å². The summed E-state index contributed by atoms with van der Waals surface area (Å²) in [6, 6.07) is 5.21. The Bertz CT molecular complexity index is 595. The van der Waals surface area contributed by atoms with E-state index in [1.54, 1.807) is 12.1 Å². The van der Waals surface area contributed by atoms with E-state index >= 15 is 0 Å². The minimum Gasteiger partial charge on any atom is -0.494 e. The van der Waals surface area contributed by atoms with Crippen LogP contribution in [-0.2, 0) is 6.54 Å². The van der Waals surface area contributed by atoms with Gasteiger partial charge in [-0.1, -0.05) is 18.9 Å². The van der Waals surface area contributed by atoms with Gasteiger partial charge in [-0.3, -0.25) is 9.89 Å². The highest BCUT2D eigenvalue weighted by Crippen LogP contribution is 2.31. The minimum absolute atomic E-state index is 0.293. The SMILES string of the molecule is CN=C(NCCC1CC1)N1CCN(Cc2ccc(OC)c(F)c2)CC1. The van der Waals surface area contributed by atoms with Gasteiger partial charge in [-0.15, -0.1) is 0 Å². The Morgan fingerprint density at radius 3 is 2.64 bits per heavy atom. The quantitative estimate of drug-likeness (QED) is 0.633. The number of ether oxygens (including phenoxy) is 1. The lowest BCUT2D eigenvalue weighted by atomic mass is 10.2. The highest BCUT2D eigenvalue weighted by atomic mass is 19.1. The standard InChI is InChI=1S/C19H29FN4O/c1-21-19(22-8-7-15-3-4-15)24-11-9-23(10-12-24)14-16-5-6-18(25-2)17(20)13-16/h5-6,13,15H,3-4,7-12,14H2,1-2H3,(H,21,22). The van der Waals surface area contributed by atoms with Crippen LogP contribution in [0.1, 0.15) is 24.8 Å². The summed E-state index contributed by atoms with van der Waals surface area (Å²) in [5.41, 5.74) is 0.985. The van der Waals surface area contributed by atoms with Crippen molar-refractivity contribution in [2.45, 2.75) is 25.8 Å². The van der Waals surface area contributed by atoms with E-state index < -0.39 is 0 Å². The molecule has 0 unspecified atom stereocenters. The Balaban J connectivity index is 1.45. The van der Waals surface area contributed by atoms with Gasteiger partial charge < -0.3 is 15.0 Å². The average Bonchev–Trinajstić information content (AvgIpc) is 3.44. The molecule has 2 aliphatic rings. The molecule has 2 fully saturated rings. The zero-order valence-corrected chi connectivity index (χ0v) is 15.3. The summed E-state index contributed by atoms with van der Waals surface area (Å²) < 4.78 is 18.8. The molecule has 0 bridgehead atoms. The molecule has 3 rings (SSSR count). The van der Waals surface area contributed by atoms with E-state index in [0.29, 0.717) is 5.75 Å². The molecule has 0 radical (unpaired) electrons. The average molecular weight is 348 g/mol. The van der Waals surface area contributed by atoms with Crippen molar-refractivity contribution in [2.24, 2.45) is 10.9 Å². The molecule has 138 valence electrons. The third-order valence-corrected chi connectivity index (χ3v) is 5.04. The Kier molecular flexibility index (Phi) is 6.13. The fourth-order valence-corrected chi connectivity index (χ4v) is 3.31. The summed E-state index contributed by atoms with van der Waals surface area (Å²) in [5.74, 6) is 1.96. The third-order valence-electron chi connectivity index (χ3n) is 5.04. The number of benzene rings is 1. The number of methoxy groups -OCH3 is 1. The van der Waals surface area contributed by atoms with Crippen LogP contribution in [0, 0.1) is 11.7 Å². The van der Waals surface area contributed by atoms with Crippen molar-refractivity contribution >= 4 is 5.96 Å². The Morgan fingerprint density at radius 1 is 1.28 bits per heavy atom. The topological polar surface area (TPSA) is 40.1 Å². The highest BCUT2D eigenvalue weighted by molar-refractivity contribution is 5.79. The van der Waals surface area contributed by atoms with Crippen molar-refractivity contribution in [2.75, 3.05) is 46.9 Å². The monoisotopic (exact) mass is 348 g/mol. The van der Waals surface area contributed by atoms with Crippen LogP contribution < -0.4 is 10.1 Å². The van der Waals surface area contributed by atoms with Crippen LogP contribution in [-0.4, -0.2) is 62.6 Å². The van der Waals surface area contributed by atoms with Gasteiger partial charge in [-0.25, -0.2) is 4.39 Å². The lowest BCUT2D eigenvalue weighted by molar-refractivity contribution is 0.172. The van der Waals surface area contributed by atoms with E-state index in [-0.39, 0.29) is 5.82 Å². The van der Waals surface area contributed by atoms with Gasteiger partial charge in [0.05, 0.1) is 7.11 Å². The van der Waals surface area contributed by atoms with Gasteiger partial charge in [0.15, 0.2) is 17.5 Å². The van der Waals surface area contributed by atoms with E-state index in [2.05, 4.69) is 20.1 Å². The maximum Gasteiger partial charge on any atom is 0.193 e. The van der Waals surface area contributed by atoms with Gasteiger partial charge in [-0.2, -0.15) is 0 Å². The number of piperazine rings is 1. The van der Waals surface area contributed by atoms with E-state index in [1.165, 1.54) is 26.4 Å². The molecule has 5 nitrogen and oxygen atoms in total. The van der Waals surface area contributed by atoms with Crippen molar-refractivity contribution in [1.29, 1.82) is 0 Å². The first-order valence-corrected chi connectivity index (χ1v) is 9.20. The van der Waals surface area contributed by atoms with Crippen LogP contribution in [0.4, 0.5) is 4.39 Å². The second-order valence-electron chi connectivity index (χ2n) is 6.94. The predicted molar refractivity (Wildman–Crippen MR) is 98.5 cm³/mol. The summed E-state index contributed by atoms with van der Waals surface area (Å²) in [4.78, 5) is 9.09. The van der Waals surface area contributed by atoms with Gasteiger partial charge in [0.25, 0.3) is 0 Å². The molecule has 1 saturated heterocycles. The molecule has 1 aromatic rings. The summed E-state index contributed by atoms with van der Waals surface area (Å²) >= 11 is 0. The number of hydrogen-bond acceptors (Lipinski definition) is 3. The zero-order chi connectivity index (χ0) is 17.6. The molecular formula is C19H29FN4O. The smallest absolute Gasteiger partial charge is 0.193 e. The maximum absolute atomic E-state index is 13.8. The van der Waals surface area contributed by atoms with E-state index in [9.17, 15) is 4.39 Å². The number of hydrogen-bond donors (Lipinski definition) is 1. The van der Waals surface area contributed by atoms with Crippen molar-refractivity contribution in [3.8, 4) is 5.75 Å². The first kappa shape index (κ1) is 18.0.